The SMILES string of the molecule is OC[C@H]1OC(n2c(Cl)nc3ccc(Cl)cc32)[C@H](O)[C@@H]1O. The number of hydrogen-bond acceptors (Lipinski definition) is 5. The van der Waals surface area contributed by atoms with E-state index in [1.54, 1.807) is 18.2 Å². The second kappa shape index (κ2) is 5.14. The topological polar surface area (TPSA) is 87.7 Å². The number of nitrogens with zero attached hydrogens (tertiary/aromatic N) is 2. The number of benzene rings is 1. The van der Waals surface area contributed by atoms with Crippen molar-refractivity contribution in [2.24, 2.45) is 0 Å². The van der Waals surface area contributed by atoms with Crippen molar-refractivity contribution < 1.29 is 20.1 Å². The molecular formula is C12H12Cl2N2O4. The number of rotatable bonds is 2. The van der Waals surface area contributed by atoms with Gasteiger partial charge in [0.2, 0.25) is 5.28 Å². The van der Waals surface area contributed by atoms with E-state index < -0.39 is 31.1 Å². The quantitative estimate of drug-likeness (QED) is 0.767. The maximum Gasteiger partial charge on any atom is 0.206 e. The maximum absolute atomic E-state index is 10.1. The molecule has 1 aliphatic rings. The molecule has 1 aromatic carbocycles. The van der Waals surface area contributed by atoms with Crippen LogP contribution in [0.15, 0.2) is 18.2 Å². The molecular weight excluding hydrogens is 307 g/mol. The van der Waals surface area contributed by atoms with E-state index in [4.69, 9.17) is 33.0 Å². The lowest BCUT2D eigenvalue weighted by Crippen LogP contribution is -2.33. The summed E-state index contributed by atoms with van der Waals surface area (Å²) in [6, 6.07) is 5.01. The molecule has 2 heterocycles. The monoisotopic (exact) mass is 318 g/mol. The third-order valence-corrected chi connectivity index (χ3v) is 3.88. The Hall–Kier alpha value is -0.890. The second-order valence-electron chi connectivity index (χ2n) is 4.61. The first kappa shape index (κ1) is 14.1. The molecule has 1 aliphatic heterocycles. The number of halogens is 2. The van der Waals surface area contributed by atoms with Gasteiger partial charge in [-0.05, 0) is 29.8 Å². The summed E-state index contributed by atoms with van der Waals surface area (Å²) in [5.74, 6) is 0. The highest BCUT2D eigenvalue weighted by atomic mass is 35.5. The highest BCUT2D eigenvalue weighted by Gasteiger charge is 2.44. The average Bonchev–Trinajstić information content (AvgIpc) is 2.88. The molecule has 20 heavy (non-hydrogen) atoms. The van der Waals surface area contributed by atoms with Crippen molar-refractivity contribution in [2.45, 2.75) is 24.5 Å². The number of ether oxygens (including phenoxy) is 1. The van der Waals surface area contributed by atoms with Gasteiger partial charge in [-0.1, -0.05) is 11.6 Å². The minimum absolute atomic E-state index is 0.108. The lowest BCUT2D eigenvalue weighted by Gasteiger charge is -2.18. The molecule has 1 fully saturated rings. The molecule has 0 amide bonds. The van der Waals surface area contributed by atoms with Crippen molar-refractivity contribution in [3.63, 3.8) is 0 Å². The second-order valence-corrected chi connectivity index (χ2v) is 5.39. The zero-order valence-corrected chi connectivity index (χ0v) is 11.7. The smallest absolute Gasteiger partial charge is 0.206 e. The van der Waals surface area contributed by atoms with Gasteiger partial charge in [0.1, 0.15) is 18.3 Å². The van der Waals surface area contributed by atoms with E-state index in [2.05, 4.69) is 4.98 Å². The average molecular weight is 319 g/mol. The van der Waals surface area contributed by atoms with Crippen molar-refractivity contribution in [1.29, 1.82) is 0 Å². The molecule has 0 saturated carbocycles. The van der Waals surface area contributed by atoms with E-state index >= 15 is 0 Å². The molecule has 3 rings (SSSR count). The largest absolute Gasteiger partial charge is 0.394 e. The van der Waals surface area contributed by atoms with Gasteiger partial charge >= 0.3 is 0 Å². The van der Waals surface area contributed by atoms with Crippen molar-refractivity contribution in [3.05, 3.63) is 28.5 Å². The molecule has 4 atom stereocenters. The number of imidazole rings is 1. The van der Waals surface area contributed by atoms with Crippen LogP contribution in [0, 0.1) is 0 Å². The number of aliphatic hydroxyl groups is 3. The molecule has 0 bridgehead atoms. The highest BCUT2D eigenvalue weighted by molar-refractivity contribution is 6.31. The summed E-state index contributed by atoms with van der Waals surface area (Å²) in [4.78, 5) is 4.14. The van der Waals surface area contributed by atoms with Gasteiger partial charge in [-0.25, -0.2) is 4.98 Å². The van der Waals surface area contributed by atoms with Crippen molar-refractivity contribution in [1.82, 2.24) is 9.55 Å². The van der Waals surface area contributed by atoms with Gasteiger partial charge < -0.3 is 20.1 Å². The minimum atomic E-state index is -1.22. The highest BCUT2D eigenvalue weighted by Crippen LogP contribution is 2.35. The number of aromatic nitrogens is 2. The number of hydrogen-bond donors (Lipinski definition) is 3. The lowest BCUT2D eigenvalue weighted by molar-refractivity contribution is -0.0507. The van der Waals surface area contributed by atoms with Gasteiger partial charge in [-0.3, -0.25) is 4.57 Å². The summed E-state index contributed by atoms with van der Waals surface area (Å²) in [5, 5.41) is 29.6. The molecule has 1 aromatic heterocycles. The first-order valence-electron chi connectivity index (χ1n) is 5.98. The van der Waals surface area contributed by atoms with E-state index in [-0.39, 0.29) is 5.28 Å². The Morgan fingerprint density at radius 2 is 2.00 bits per heavy atom. The van der Waals surface area contributed by atoms with E-state index in [1.807, 2.05) is 0 Å². The molecule has 0 aliphatic carbocycles. The van der Waals surface area contributed by atoms with Crippen molar-refractivity contribution in [2.75, 3.05) is 6.61 Å². The van der Waals surface area contributed by atoms with Crippen LogP contribution >= 0.6 is 23.2 Å². The van der Waals surface area contributed by atoms with Gasteiger partial charge in [0.05, 0.1) is 17.6 Å². The van der Waals surface area contributed by atoms with Crippen LogP contribution in [0.4, 0.5) is 0 Å². The zero-order chi connectivity index (χ0) is 14.4. The van der Waals surface area contributed by atoms with Crippen LogP contribution in [0.5, 0.6) is 0 Å². The third kappa shape index (κ3) is 2.09. The van der Waals surface area contributed by atoms with E-state index in [0.29, 0.717) is 16.1 Å². The van der Waals surface area contributed by atoms with Gasteiger partial charge in [0.15, 0.2) is 6.23 Å². The normalized spacial score (nSPS) is 30.2. The fourth-order valence-corrected chi connectivity index (χ4v) is 2.82. The lowest BCUT2D eigenvalue weighted by atomic mass is 10.1. The fraction of sp³-hybridized carbons (Fsp3) is 0.417. The summed E-state index contributed by atoms with van der Waals surface area (Å²) in [6.45, 7) is -0.403. The first-order chi connectivity index (χ1) is 9.52. The summed E-state index contributed by atoms with van der Waals surface area (Å²) in [5.41, 5.74) is 1.18. The van der Waals surface area contributed by atoms with Crippen LogP contribution in [0.3, 0.4) is 0 Å². The van der Waals surface area contributed by atoms with Crippen LogP contribution in [0.25, 0.3) is 11.0 Å². The molecule has 3 N–H and O–H groups in total. The van der Waals surface area contributed by atoms with Crippen LogP contribution in [-0.4, -0.2) is 49.8 Å². The molecule has 2 aromatic rings. The Bertz CT molecular complexity index is 648. The van der Waals surface area contributed by atoms with Crippen molar-refractivity contribution >= 4 is 34.2 Å². The Morgan fingerprint density at radius 3 is 2.65 bits per heavy atom. The molecule has 1 saturated heterocycles. The van der Waals surface area contributed by atoms with Gasteiger partial charge in [-0.2, -0.15) is 0 Å². The Balaban J connectivity index is 2.10. The zero-order valence-electron chi connectivity index (χ0n) is 10.1. The summed E-state index contributed by atoms with van der Waals surface area (Å²) >= 11 is 12.0. The number of fused-ring (bicyclic) bond motifs is 1. The van der Waals surface area contributed by atoms with Crippen LogP contribution < -0.4 is 0 Å². The molecule has 108 valence electrons. The fourth-order valence-electron chi connectivity index (χ4n) is 2.37. The molecule has 1 unspecified atom stereocenters. The standard InChI is InChI=1S/C12H12Cl2N2O4/c13-5-1-2-6-7(3-5)16(12(14)15-6)11-10(19)9(18)8(4-17)20-11/h1-3,8-11,17-19H,4H2/t8-,9-,10-,11?/m1/s1. The molecule has 0 spiro atoms. The van der Waals surface area contributed by atoms with Crippen LogP contribution in [-0.2, 0) is 4.74 Å². The van der Waals surface area contributed by atoms with E-state index in [0.717, 1.165) is 0 Å². The maximum atomic E-state index is 10.1. The Morgan fingerprint density at radius 1 is 1.25 bits per heavy atom. The molecule has 8 heteroatoms. The van der Waals surface area contributed by atoms with Crippen LogP contribution in [0.1, 0.15) is 6.23 Å². The Kier molecular flexibility index (Phi) is 3.62. The molecule has 6 nitrogen and oxygen atoms in total. The summed E-state index contributed by atoms with van der Waals surface area (Å²) in [6.07, 6.45) is -4.22. The van der Waals surface area contributed by atoms with Gasteiger partial charge in [-0.15, -0.1) is 0 Å². The van der Waals surface area contributed by atoms with Crippen LogP contribution in [0.2, 0.25) is 10.3 Å². The van der Waals surface area contributed by atoms with E-state index in [9.17, 15) is 10.2 Å². The molecule has 0 radical (unpaired) electrons. The van der Waals surface area contributed by atoms with Crippen molar-refractivity contribution in [3.8, 4) is 0 Å². The third-order valence-electron chi connectivity index (χ3n) is 3.38. The van der Waals surface area contributed by atoms with E-state index in [1.165, 1.54) is 4.57 Å². The predicted molar refractivity (Wildman–Crippen MR) is 72.8 cm³/mol. The van der Waals surface area contributed by atoms with Gasteiger partial charge in [0, 0.05) is 5.02 Å². The van der Waals surface area contributed by atoms with Gasteiger partial charge in [0.25, 0.3) is 0 Å². The first-order valence-corrected chi connectivity index (χ1v) is 6.74. The minimum Gasteiger partial charge on any atom is -0.394 e. The number of aliphatic hydroxyl groups excluding tert-OH is 3. The Labute approximate surface area is 124 Å². The predicted octanol–water partition coefficient (Wildman–Crippen LogP) is 0.955. The summed E-state index contributed by atoms with van der Waals surface area (Å²) < 4.78 is 6.90. The summed E-state index contributed by atoms with van der Waals surface area (Å²) in [7, 11) is 0.